The molecule has 0 aliphatic heterocycles. The molecule has 2 atom stereocenters. The number of hydrogen-bond donors (Lipinski definition) is 5. The maximum Gasteiger partial charge on any atom is 0.242 e. The number of carbonyl (C=O) groups excluding carboxylic acids is 2. The van der Waals surface area contributed by atoms with Crippen LogP contribution in [0.3, 0.4) is 0 Å². The summed E-state index contributed by atoms with van der Waals surface area (Å²) in [6.45, 7) is 3.75. The van der Waals surface area contributed by atoms with Crippen LogP contribution in [0.5, 0.6) is 0 Å². The molecule has 29 heavy (non-hydrogen) atoms. The minimum atomic E-state index is -3.79. The fraction of sp³-hybridized carbons (Fsp3) is 0.474. The second-order valence-corrected chi connectivity index (χ2v) is 9.12. The summed E-state index contributed by atoms with van der Waals surface area (Å²) in [6, 6.07) is 5.78. The van der Waals surface area contributed by atoms with Crippen LogP contribution in [0.4, 0.5) is 0 Å². The summed E-state index contributed by atoms with van der Waals surface area (Å²) in [5.74, 6) is -1.50. The Morgan fingerprint density at radius 2 is 1.83 bits per heavy atom. The number of benzene rings is 1. The van der Waals surface area contributed by atoms with E-state index in [0.29, 0.717) is 0 Å². The van der Waals surface area contributed by atoms with Gasteiger partial charge in [0.05, 0.1) is 0 Å². The van der Waals surface area contributed by atoms with Gasteiger partial charge in [0.15, 0.2) is 0 Å². The van der Waals surface area contributed by atoms with Crippen LogP contribution < -0.4 is 21.1 Å². The number of nitrogens with two attached hydrogens (primary N) is 1. The Bertz CT molecular complexity index is 954. The Kier molecular flexibility index (Phi) is 7.77. The number of fused-ring (bicyclic) bond motifs is 1. The Morgan fingerprint density at radius 1 is 1.14 bits per heavy atom. The van der Waals surface area contributed by atoms with Crippen LogP contribution in [0, 0.1) is 5.92 Å². The van der Waals surface area contributed by atoms with Gasteiger partial charge in [0.1, 0.15) is 18.0 Å². The lowest BCUT2D eigenvalue weighted by Gasteiger charge is -2.23. The molecule has 2 aromatic rings. The first-order chi connectivity index (χ1) is 13.7. The van der Waals surface area contributed by atoms with Crippen LogP contribution >= 0.6 is 0 Å². The normalized spacial score (nSPS) is 14.0. The molecule has 1 aromatic heterocycles. The number of H-pyrrole nitrogens is 1. The highest BCUT2D eigenvalue weighted by Crippen LogP contribution is 2.19. The molecule has 2 unspecified atom stereocenters. The van der Waals surface area contributed by atoms with Gasteiger partial charge in [0.2, 0.25) is 21.8 Å². The minimum absolute atomic E-state index is 0.0540. The molecule has 0 saturated carbocycles. The third-order valence-corrected chi connectivity index (χ3v) is 5.63. The van der Waals surface area contributed by atoms with Crippen molar-refractivity contribution in [2.75, 3.05) is 12.9 Å². The van der Waals surface area contributed by atoms with E-state index in [1.807, 2.05) is 38.1 Å². The average molecular weight is 424 g/mol. The molecule has 1 heterocycles. The van der Waals surface area contributed by atoms with E-state index in [2.05, 4.69) is 20.3 Å². The van der Waals surface area contributed by atoms with Crippen LogP contribution in [0.1, 0.15) is 25.8 Å². The van der Waals surface area contributed by atoms with Gasteiger partial charge in [0.25, 0.3) is 0 Å². The largest absolute Gasteiger partial charge is 0.361 e. The predicted octanol–water partition coefficient (Wildman–Crippen LogP) is 0.192. The number of sulfonamides is 1. The molecular weight excluding hydrogens is 394 g/mol. The fourth-order valence-electron chi connectivity index (χ4n) is 3.12. The van der Waals surface area contributed by atoms with Gasteiger partial charge < -0.3 is 21.4 Å². The van der Waals surface area contributed by atoms with Gasteiger partial charge in [-0.25, -0.2) is 13.1 Å². The van der Waals surface area contributed by atoms with Crippen molar-refractivity contribution in [2.24, 2.45) is 11.7 Å². The van der Waals surface area contributed by atoms with Crippen molar-refractivity contribution in [3.63, 3.8) is 0 Å². The number of para-hydroxylation sites is 1. The number of rotatable bonds is 10. The molecule has 0 spiro atoms. The Labute approximate surface area is 170 Å². The summed E-state index contributed by atoms with van der Waals surface area (Å²) in [4.78, 5) is 28.4. The van der Waals surface area contributed by atoms with Crippen LogP contribution in [0.2, 0.25) is 0 Å². The van der Waals surface area contributed by atoms with E-state index >= 15 is 0 Å². The summed E-state index contributed by atoms with van der Waals surface area (Å²) in [7, 11) is -2.30. The molecule has 6 N–H and O–H groups in total. The summed E-state index contributed by atoms with van der Waals surface area (Å²) in [5, 5.41) is 6.19. The number of likely N-dealkylation sites (N-methyl/N-ethyl adjacent to an activating group) is 1. The second-order valence-electron chi connectivity index (χ2n) is 7.32. The van der Waals surface area contributed by atoms with Crippen molar-refractivity contribution < 1.29 is 18.0 Å². The van der Waals surface area contributed by atoms with E-state index in [9.17, 15) is 18.0 Å². The molecule has 2 amide bonds. The van der Waals surface area contributed by atoms with Crippen molar-refractivity contribution >= 4 is 32.7 Å². The third kappa shape index (κ3) is 6.28. The molecule has 10 heteroatoms. The number of aromatic nitrogens is 1. The average Bonchev–Trinajstić information content (AvgIpc) is 3.08. The van der Waals surface area contributed by atoms with Gasteiger partial charge in [-0.15, -0.1) is 0 Å². The predicted molar refractivity (Wildman–Crippen MR) is 112 cm³/mol. The van der Waals surface area contributed by atoms with E-state index in [1.165, 1.54) is 7.05 Å². The van der Waals surface area contributed by atoms with Gasteiger partial charge in [0, 0.05) is 30.6 Å². The maximum atomic E-state index is 12.8. The van der Waals surface area contributed by atoms with E-state index in [4.69, 9.17) is 5.73 Å². The zero-order valence-electron chi connectivity index (χ0n) is 16.9. The van der Waals surface area contributed by atoms with Crippen LogP contribution in [-0.4, -0.2) is 50.2 Å². The fourth-order valence-corrected chi connectivity index (χ4v) is 3.85. The SMILES string of the molecule is CNC(=O)C(Cc1c[nH]c2ccccc12)NC(=O)C(CC(C)C)NS(=O)(=O)CN. The number of hydrogen-bond acceptors (Lipinski definition) is 5. The molecule has 2 rings (SSSR count). The lowest BCUT2D eigenvalue weighted by Crippen LogP contribution is -2.54. The van der Waals surface area contributed by atoms with Crippen molar-refractivity contribution in [3.05, 3.63) is 36.0 Å². The highest BCUT2D eigenvalue weighted by molar-refractivity contribution is 7.89. The molecule has 0 aliphatic carbocycles. The van der Waals surface area contributed by atoms with Crippen LogP contribution in [-0.2, 0) is 26.0 Å². The first kappa shape index (κ1) is 22.9. The van der Waals surface area contributed by atoms with Crippen LogP contribution in [0.15, 0.2) is 30.5 Å². The van der Waals surface area contributed by atoms with E-state index in [0.717, 1.165) is 16.5 Å². The van der Waals surface area contributed by atoms with Crippen molar-refractivity contribution in [1.82, 2.24) is 20.3 Å². The number of nitrogens with one attached hydrogen (secondary N) is 4. The van der Waals surface area contributed by atoms with Gasteiger partial charge in [-0.2, -0.15) is 0 Å². The Balaban J connectivity index is 2.22. The molecule has 0 saturated heterocycles. The highest BCUT2D eigenvalue weighted by Gasteiger charge is 2.29. The third-order valence-electron chi connectivity index (χ3n) is 4.54. The zero-order valence-corrected chi connectivity index (χ0v) is 17.7. The molecule has 0 aliphatic rings. The number of aromatic amines is 1. The molecule has 0 fully saturated rings. The van der Waals surface area contributed by atoms with Gasteiger partial charge in [-0.1, -0.05) is 32.0 Å². The molecular formula is C19H29N5O4S. The van der Waals surface area contributed by atoms with E-state index in [-0.39, 0.29) is 24.7 Å². The monoisotopic (exact) mass is 423 g/mol. The lowest BCUT2D eigenvalue weighted by atomic mass is 10.0. The summed E-state index contributed by atoms with van der Waals surface area (Å²) >= 11 is 0. The number of amides is 2. The van der Waals surface area contributed by atoms with E-state index in [1.54, 1.807) is 6.20 Å². The summed E-state index contributed by atoms with van der Waals surface area (Å²) < 4.78 is 26.1. The summed E-state index contributed by atoms with van der Waals surface area (Å²) in [5.41, 5.74) is 7.05. The first-order valence-electron chi connectivity index (χ1n) is 9.44. The van der Waals surface area contributed by atoms with Crippen molar-refractivity contribution in [3.8, 4) is 0 Å². The molecule has 160 valence electrons. The standard InChI is InChI=1S/C19H29N5O4S/c1-12(2)8-17(24-29(27,28)11-20)19(26)23-16(18(25)21-3)9-13-10-22-15-7-5-4-6-14(13)15/h4-7,10,12,16-17,22,24H,8-9,11,20H2,1-3H3,(H,21,25)(H,23,26). The molecule has 1 aromatic carbocycles. The van der Waals surface area contributed by atoms with Gasteiger partial charge >= 0.3 is 0 Å². The maximum absolute atomic E-state index is 12.8. The molecule has 9 nitrogen and oxygen atoms in total. The van der Waals surface area contributed by atoms with Gasteiger partial charge in [-0.3, -0.25) is 9.59 Å². The summed E-state index contributed by atoms with van der Waals surface area (Å²) in [6.07, 6.45) is 2.33. The first-order valence-corrected chi connectivity index (χ1v) is 11.1. The molecule has 0 bridgehead atoms. The topological polar surface area (TPSA) is 146 Å². The number of carbonyl (C=O) groups is 2. The lowest BCUT2D eigenvalue weighted by molar-refractivity contribution is -0.129. The quantitative estimate of drug-likeness (QED) is 0.370. The smallest absolute Gasteiger partial charge is 0.242 e. The molecule has 0 radical (unpaired) electrons. The van der Waals surface area contributed by atoms with Crippen molar-refractivity contribution in [1.29, 1.82) is 0 Å². The van der Waals surface area contributed by atoms with Crippen LogP contribution in [0.25, 0.3) is 10.9 Å². The Morgan fingerprint density at radius 3 is 2.45 bits per heavy atom. The van der Waals surface area contributed by atoms with Crippen molar-refractivity contribution in [2.45, 2.75) is 38.8 Å². The second kappa shape index (κ2) is 9.86. The minimum Gasteiger partial charge on any atom is -0.361 e. The Hall–Kier alpha value is -2.43. The zero-order chi connectivity index (χ0) is 21.6. The van der Waals surface area contributed by atoms with E-state index < -0.39 is 33.9 Å². The highest BCUT2D eigenvalue weighted by atomic mass is 32.2. The van der Waals surface area contributed by atoms with Gasteiger partial charge in [-0.05, 0) is 24.0 Å².